The van der Waals surface area contributed by atoms with E-state index >= 15 is 0 Å². The third-order valence-electron chi connectivity index (χ3n) is 6.10. The quantitative estimate of drug-likeness (QED) is 0.574. The summed E-state index contributed by atoms with van der Waals surface area (Å²) < 4.78 is 23.5. The van der Waals surface area contributed by atoms with Crippen LogP contribution in [0.3, 0.4) is 0 Å². The molecule has 2 aromatic rings. The van der Waals surface area contributed by atoms with Crippen molar-refractivity contribution in [3.8, 4) is 0 Å². The summed E-state index contributed by atoms with van der Waals surface area (Å²) in [7, 11) is -3.14. The maximum absolute atomic E-state index is 12.9. The van der Waals surface area contributed by atoms with Crippen molar-refractivity contribution in [3.05, 3.63) is 53.6 Å². The zero-order valence-electron chi connectivity index (χ0n) is 19.1. The standard InChI is InChI=1S/C24H28N4O5S/c1-15-7-8-18(16(2)11-15)26-22(29)12-21-24(31)27-19-5-3-4-6-20(19)28(21)13-23(30)25-17-9-10-34(32,33)14-17/h3-8,11,17,21H,9-10,12-14H2,1-2H3,(H,25,30)(H,26,29)(H,27,31)/t17-,21-/m1/s1. The number of hydrogen-bond donors (Lipinski definition) is 3. The number of rotatable bonds is 6. The zero-order valence-corrected chi connectivity index (χ0v) is 19.9. The molecular weight excluding hydrogens is 456 g/mol. The van der Waals surface area contributed by atoms with Gasteiger partial charge in [0.15, 0.2) is 9.84 Å². The van der Waals surface area contributed by atoms with Crippen LogP contribution in [0, 0.1) is 13.8 Å². The molecule has 0 radical (unpaired) electrons. The summed E-state index contributed by atoms with van der Waals surface area (Å²) in [6, 6.07) is 11.4. The Kier molecular flexibility index (Phi) is 6.60. The fraction of sp³-hybridized carbons (Fsp3) is 0.375. The Hall–Kier alpha value is -3.40. The first-order valence-electron chi connectivity index (χ1n) is 11.1. The maximum Gasteiger partial charge on any atom is 0.247 e. The summed E-state index contributed by atoms with van der Waals surface area (Å²) >= 11 is 0. The Balaban J connectivity index is 1.51. The van der Waals surface area contributed by atoms with E-state index in [1.54, 1.807) is 29.2 Å². The lowest BCUT2D eigenvalue weighted by molar-refractivity contribution is -0.123. The summed E-state index contributed by atoms with van der Waals surface area (Å²) in [5, 5.41) is 8.43. The molecule has 3 amide bonds. The molecule has 4 rings (SSSR count). The average Bonchev–Trinajstić information content (AvgIpc) is 3.10. The molecule has 0 aromatic heterocycles. The van der Waals surface area contributed by atoms with Crippen molar-refractivity contribution < 1.29 is 22.8 Å². The molecule has 2 heterocycles. The topological polar surface area (TPSA) is 125 Å². The maximum atomic E-state index is 12.9. The SMILES string of the molecule is Cc1ccc(NC(=O)C[C@@H]2C(=O)Nc3ccccc3N2CC(=O)N[C@@H]2CCS(=O)(=O)C2)c(C)c1. The van der Waals surface area contributed by atoms with Crippen molar-refractivity contribution in [1.29, 1.82) is 0 Å². The fourth-order valence-corrected chi connectivity index (χ4v) is 6.09. The number of hydrogen-bond acceptors (Lipinski definition) is 6. The van der Waals surface area contributed by atoms with E-state index in [9.17, 15) is 22.8 Å². The van der Waals surface area contributed by atoms with E-state index < -0.39 is 27.8 Å². The first kappa shape index (κ1) is 23.7. The molecule has 0 unspecified atom stereocenters. The van der Waals surface area contributed by atoms with Crippen LogP contribution < -0.4 is 20.9 Å². The largest absolute Gasteiger partial charge is 0.351 e. The summed E-state index contributed by atoms with van der Waals surface area (Å²) in [5.74, 6) is -1.16. The monoisotopic (exact) mass is 484 g/mol. The van der Waals surface area contributed by atoms with Crippen LogP contribution in [0.5, 0.6) is 0 Å². The highest BCUT2D eigenvalue weighted by Gasteiger charge is 2.36. The number of anilines is 3. The smallest absolute Gasteiger partial charge is 0.247 e. The number of carbonyl (C=O) groups is 3. The number of para-hydroxylation sites is 2. The molecule has 0 spiro atoms. The van der Waals surface area contributed by atoms with Crippen LogP contribution in [0.15, 0.2) is 42.5 Å². The van der Waals surface area contributed by atoms with Gasteiger partial charge in [0.05, 0.1) is 35.8 Å². The molecule has 9 nitrogen and oxygen atoms in total. The third-order valence-corrected chi connectivity index (χ3v) is 7.86. The minimum Gasteiger partial charge on any atom is -0.351 e. The Labute approximate surface area is 198 Å². The number of aryl methyl sites for hydroxylation is 2. The van der Waals surface area contributed by atoms with E-state index in [1.807, 2.05) is 32.0 Å². The van der Waals surface area contributed by atoms with Crippen LogP contribution in [-0.4, -0.2) is 56.3 Å². The van der Waals surface area contributed by atoms with Gasteiger partial charge < -0.3 is 20.9 Å². The molecule has 2 atom stereocenters. The minimum atomic E-state index is -3.14. The molecule has 2 aromatic carbocycles. The second kappa shape index (κ2) is 9.46. The molecular formula is C24H28N4O5S. The molecule has 3 N–H and O–H groups in total. The van der Waals surface area contributed by atoms with Gasteiger partial charge in [-0.25, -0.2) is 8.42 Å². The molecule has 2 aliphatic heterocycles. The second-order valence-corrected chi connectivity index (χ2v) is 11.1. The summed E-state index contributed by atoms with van der Waals surface area (Å²) in [5.41, 5.74) is 3.83. The Morgan fingerprint density at radius 2 is 1.88 bits per heavy atom. The number of benzene rings is 2. The van der Waals surface area contributed by atoms with Gasteiger partial charge in [0.25, 0.3) is 0 Å². The number of amides is 3. The highest BCUT2D eigenvalue weighted by molar-refractivity contribution is 7.91. The predicted molar refractivity (Wildman–Crippen MR) is 131 cm³/mol. The Morgan fingerprint density at radius 3 is 2.59 bits per heavy atom. The van der Waals surface area contributed by atoms with Gasteiger partial charge in [-0.3, -0.25) is 14.4 Å². The van der Waals surface area contributed by atoms with Crippen LogP contribution in [0.2, 0.25) is 0 Å². The number of sulfone groups is 1. The van der Waals surface area contributed by atoms with Crippen molar-refractivity contribution in [2.45, 2.75) is 38.8 Å². The number of carbonyl (C=O) groups excluding carboxylic acids is 3. The Morgan fingerprint density at radius 1 is 1.12 bits per heavy atom. The van der Waals surface area contributed by atoms with Crippen LogP contribution in [0.1, 0.15) is 24.0 Å². The first-order chi connectivity index (χ1) is 16.1. The molecule has 1 saturated heterocycles. The van der Waals surface area contributed by atoms with Gasteiger partial charge in [-0.15, -0.1) is 0 Å². The van der Waals surface area contributed by atoms with Crippen LogP contribution in [0.4, 0.5) is 17.1 Å². The van der Waals surface area contributed by atoms with Crippen molar-refractivity contribution in [3.63, 3.8) is 0 Å². The normalized spacial score (nSPS) is 20.9. The van der Waals surface area contributed by atoms with Crippen LogP contribution in [0.25, 0.3) is 0 Å². The van der Waals surface area contributed by atoms with Crippen molar-refractivity contribution >= 4 is 44.6 Å². The highest BCUT2D eigenvalue weighted by atomic mass is 32.2. The number of nitrogens with one attached hydrogen (secondary N) is 3. The lowest BCUT2D eigenvalue weighted by Crippen LogP contribution is -2.53. The minimum absolute atomic E-state index is 0.0497. The van der Waals surface area contributed by atoms with Crippen LogP contribution in [-0.2, 0) is 24.2 Å². The van der Waals surface area contributed by atoms with E-state index in [-0.39, 0.29) is 36.3 Å². The number of nitrogens with zero attached hydrogens (tertiary/aromatic N) is 1. The lowest BCUT2D eigenvalue weighted by atomic mass is 10.0. The van der Waals surface area contributed by atoms with Crippen molar-refractivity contribution in [2.24, 2.45) is 0 Å². The van der Waals surface area contributed by atoms with E-state index in [4.69, 9.17) is 0 Å². The molecule has 2 aliphatic rings. The first-order valence-corrected chi connectivity index (χ1v) is 13.0. The molecule has 0 saturated carbocycles. The van der Waals surface area contributed by atoms with Gasteiger partial charge >= 0.3 is 0 Å². The molecule has 10 heteroatoms. The highest BCUT2D eigenvalue weighted by Crippen LogP contribution is 2.33. The Bertz CT molecular complexity index is 1240. The third kappa shape index (κ3) is 5.39. The van der Waals surface area contributed by atoms with E-state index in [0.717, 1.165) is 11.1 Å². The van der Waals surface area contributed by atoms with Gasteiger partial charge in [0.1, 0.15) is 6.04 Å². The van der Waals surface area contributed by atoms with Gasteiger partial charge in [-0.2, -0.15) is 0 Å². The molecule has 180 valence electrons. The predicted octanol–water partition coefficient (Wildman–Crippen LogP) is 1.76. The van der Waals surface area contributed by atoms with Gasteiger partial charge in [-0.05, 0) is 44.0 Å². The van der Waals surface area contributed by atoms with Crippen molar-refractivity contribution in [1.82, 2.24) is 5.32 Å². The fourth-order valence-electron chi connectivity index (χ4n) is 4.42. The van der Waals surface area contributed by atoms with Gasteiger partial charge in [0, 0.05) is 11.7 Å². The molecule has 1 fully saturated rings. The summed E-state index contributed by atoms with van der Waals surface area (Å²) in [6.07, 6.45) is 0.214. The van der Waals surface area contributed by atoms with Crippen LogP contribution >= 0.6 is 0 Å². The molecule has 34 heavy (non-hydrogen) atoms. The van der Waals surface area contributed by atoms with E-state index in [2.05, 4.69) is 16.0 Å². The number of fused-ring (bicyclic) bond motifs is 1. The molecule has 0 bridgehead atoms. The summed E-state index contributed by atoms with van der Waals surface area (Å²) in [4.78, 5) is 40.2. The molecule has 0 aliphatic carbocycles. The lowest BCUT2D eigenvalue weighted by Gasteiger charge is -2.37. The summed E-state index contributed by atoms with van der Waals surface area (Å²) in [6.45, 7) is 3.68. The van der Waals surface area contributed by atoms with E-state index in [1.165, 1.54) is 0 Å². The average molecular weight is 485 g/mol. The zero-order chi connectivity index (χ0) is 24.5. The second-order valence-electron chi connectivity index (χ2n) is 8.89. The van der Waals surface area contributed by atoms with Crippen molar-refractivity contribution in [2.75, 3.05) is 33.6 Å². The van der Waals surface area contributed by atoms with Gasteiger partial charge in [0.2, 0.25) is 17.7 Å². The van der Waals surface area contributed by atoms with Gasteiger partial charge in [-0.1, -0.05) is 29.8 Å². The van der Waals surface area contributed by atoms with E-state index in [0.29, 0.717) is 23.5 Å².